The van der Waals surface area contributed by atoms with Crippen LogP contribution in [-0.4, -0.2) is 21.0 Å². The van der Waals surface area contributed by atoms with Gasteiger partial charge >= 0.3 is 0 Å². The first-order valence-corrected chi connectivity index (χ1v) is 6.28. The summed E-state index contributed by atoms with van der Waals surface area (Å²) in [7, 11) is 0. The molecule has 19 heavy (non-hydrogen) atoms. The van der Waals surface area contributed by atoms with E-state index in [1.54, 1.807) is 12.4 Å². The molecule has 1 amide bonds. The highest BCUT2D eigenvalue weighted by Crippen LogP contribution is 2.24. The first kappa shape index (κ1) is 13.4. The summed E-state index contributed by atoms with van der Waals surface area (Å²) in [6.07, 6.45) is 4.06. The summed E-state index contributed by atoms with van der Waals surface area (Å²) >= 11 is 5.78. The molecular formula is C13H14ClN3O2. The molecule has 0 saturated carbocycles. The molecule has 2 aromatic rings. The Bertz CT molecular complexity index is 569. The topological polar surface area (TPSA) is 78.0 Å². The van der Waals surface area contributed by atoms with Crippen molar-refractivity contribution >= 4 is 17.5 Å². The van der Waals surface area contributed by atoms with Gasteiger partial charge in [-0.25, -0.2) is 4.98 Å². The lowest BCUT2D eigenvalue weighted by molar-refractivity contribution is 0.0934. The van der Waals surface area contributed by atoms with Gasteiger partial charge in [0.1, 0.15) is 11.6 Å². The number of aromatic amines is 1. The quantitative estimate of drug-likeness (QED) is 0.805. The maximum atomic E-state index is 12.1. The van der Waals surface area contributed by atoms with Gasteiger partial charge < -0.3 is 15.4 Å². The number of H-pyrrole nitrogens is 1. The maximum absolute atomic E-state index is 12.1. The number of nitrogens with one attached hydrogen (secondary N) is 2. The highest BCUT2D eigenvalue weighted by Gasteiger charge is 2.16. The van der Waals surface area contributed by atoms with Gasteiger partial charge in [-0.3, -0.25) is 4.79 Å². The average Bonchev–Trinajstić information content (AvgIpc) is 2.92. The van der Waals surface area contributed by atoms with Gasteiger partial charge in [-0.1, -0.05) is 18.5 Å². The summed E-state index contributed by atoms with van der Waals surface area (Å²) in [5, 5.41) is 12.3. The monoisotopic (exact) mass is 279 g/mol. The van der Waals surface area contributed by atoms with Crippen molar-refractivity contribution in [1.82, 2.24) is 15.3 Å². The number of aromatic nitrogens is 2. The highest BCUT2D eigenvalue weighted by molar-refractivity contribution is 6.32. The van der Waals surface area contributed by atoms with Gasteiger partial charge in [-0.2, -0.15) is 0 Å². The summed E-state index contributed by atoms with van der Waals surface area (Å²) in [4.78, 5) is 19.2. The molecule has 0 radical (unpaired) electrons. The van der Waals surface area contributed by atoms with E-state index in [2.05, 4.69) is 15.3 Å². The molecule has 0 saturated heterocycles. The molecule has 5 nitrogen and oxygen atoms in total. The minimum absolute atomic E-state index is 0.0451. The number of imidazole rings is 1. The van der Waals surface area contributed by atoms with Crippen LogP contribution in [0.2, 0.25) is 5.02 Å². The predicted octanol–water partition coefficient (Wildman–Crippen LogP) is 2.65. The zero-order valence-electron chi connectivity index (χ0n) is 10.4. The lowest BCUT2D eigenvalue weighted by Gasteiger charge is -2.14. The molecular weight excluding hydrogens is 266 g/mol. The molecule has 0 fully saturated rings. The summed E-state index contributed by atoms with van der Waals surface area (Å²) in [6, 6.07) is 4.16. The number of nitrogens with zero attached hydrogens (tertiary/aromatic N) is 1. The number of aromatic hydroxyl groups is 1. The Kier molecular flexibility index (Phi) is 4.06. The van der Waals surface area contributed by atoms with Gasteiger partial charge in [-0.05, 0) is 24.6 Å². The van der Waals surface area contributed by atoms with Crippen LogP contribution < -0.4 is 5.32 Å². The number of benzene rings is 1. The first-order valence-electron chi connectivity index (χ1n) is 5.90. The molecule has 1 aromatic heterocycles. The van der Waals surface area contributed by atoms with Crippen LogP contribution in [0.3, 0.4) is 0 Å². The summed E-state index contributed by atoms with van der Waals surface area (Å²) in [5.41, 5.74) is 0.396. The van der Waals surface area contributed by atoms with Crippen molar-refractivity contribution in [2.75, 3.05) is 0 Å². The third-order valence-electron chi connectivity index (χ3n) is 2.77. The molecule has 0 spiro atoms. The molecule has 0 aliphatic rings. The second-order valence-corrected chi connectivity index (χ2v) is 4.48. The fraction of sp³-hybridized carbons (Fsp3) is 0.231. The SMILES string of the molecule is CCC(NC(=O)c1ccc(O)c(Cl)c1)c1ncc[nH]1. The van der Waals surface area contributed by atoms with Crippen molar-refractivity contribution in [3.63, 3.8) is 0 Å². The molecule has 1 heterocycles. The van der Waals surface area contributed by atoms with Crippen molar-refractivity contribution < 1.29 is 9.90 Å². The summed E-state index contributed by atoms with van der Waals surface area (Å²) < 4.78 is 0. The van der Waals surface area contributed by atoms with E-state index in [-0.39, 0.29) is 22.7 Å². The zero-order valence-corrected chi connectivity index (χ0v) is 11.1. The van der Waals surface area contributed by atoms with E-state index in [4.69, 9.17) is 11.6 Å². The van der Waals surface area contributed by atoms with Gasteiger partial charge in [-0.15, -0.1) is 0 Å². The van der Waals surface area contributed by atoms with Gasteiger partial charge in [0, 0.05) is 18.0 Å². The van der Waals surface area contributed by atoms with Crippen molar-refractivity contribution in [2.45, 2.75) is 19.4 Å². The Morgan fingerprint density at radius 2 is 2.37 bits per heavy atom. The fourth-order valence-corrected chi connectivity index (χ4v) is 1.90. The lowest BCUT2D eigenvalue weighted by atomic mass is 10.1. The number of amides is 1. The van der Waals surface area contributed by atoms with Gasteiger partial charge in [0.25, 0.3) is 5.91 Å². The van der Waals surface area contributed by atoms with Crippen molar-refractivity contribution in [3.05, 3.63) is 47.0 Å². The molecule has 0 aliphatic heterocycles. The molecule has 3 N–H and O–H groups in total. The van der Waals surface area contributed by atoms with Crippen LogP contribution >= 0.6 is 11.6 Å². The number of halogens is 1. The number of phenolic OH excluding ortho intramolecular Hbond substituents is 1. The van der Waals surface area contributed by atoms with E-state index in [0.717, 1.165) is 0 Å². The van der Waals surface area contributed by atoms with E-state index < -0.39 is 0 Å². The van der Waals surface area contributed by atoms with E-state index in [9.17, 15) is 9.90 Å². The predicted molar refractivity (Wildman–Crippen MR) is 72.2 cm³/mol. The molecule has 1 unspecified atom stereocenters. The molecule has 1 aromatic carbocycles. The smallest absolute Gasteiger partial charge is 0.251 e. The van der Waals surface area contributed by atoms with E-state index >= 15 is 0 Å². The van der Waals surface area contributed by atoms with Crippen LogP contribution in [0.25, 0.3) is 0 Å². The van der Waals surface area contributed by atoms with Crippen LogP contribution in [0.15, 0.2) is 30.6 Å². The minimum atomic E-state index is -0.259. The fourth-order valence-electron chi connectivity index (χ4n) is 1.72. The average molecular weight is 280 g/mol. The lowest BCUT2D eigenvalue weighted by Crippen LogP contribution is -2.28. The second-order valence-electron chi connectivity index (χ2n) is 4.07. The van der Waals surface area contributed by atoms with Gasteiger partial charge in [0.2, 0.25) is 0 Å². The third kappa shape index (κ3) is 3.06. The first-order chi connectivity index (χ1) is 9.11. The van der Waals surface area contributed by atoms with E-state index in [0.29, 0.717) is 17.8 Å². The standard InChI is InChI=1S/C13H14ClN3O2/c1-2-10(12-15-5-6-16-12)17-13(19)8-3-4-11(18)9(14)7-8/h3-7,10,18H,2H2,1H3,(H,15,16)(H,17,19). The van der Waals surface area contributed by atoms with E-state index in [1.165, 1.54) is 18.2 Å². The van der Waals surface area contributed by atoms with E-state index in [1.807, 2.05) is 6.92 Å². The van der Waals surface area contributed by atoms with Crippen LogP contribution in [0.4, 0.5) is 0 Å². The maximum Gasteiger partial charge on any atom is 0.251 e. The molecule has 6 heteroatoms. The number of rotatable bonds is 4. The summed E-state index contributed by atoms with van der Waals surface area (Å²) in [5.74, 6) is 0.405. The highest BCUT2D eigenvalue weighted by atomic mass is 35.5. The van der Waals surface area contributed by atoms with Crippen molar-refractivity contribution in [1.29, 1.82) is 0 Å². The number of hydrogen-bond acceptors (Lipinski definition) is 3. The van der Waals surface area contributed by atoms with Crippen LogP contribution in [-0.2, 0) is 0 Å². The van der Waals surface area contributed by atoms with Crippen LogP contribution in [0.1, 0.15) is 35.6 Å². The Morgan fingerprint density at radius 1 is 1.58 bits per heavy atom. The molecule has 100 valence electrons. The van der Waals surface area contributed by atoms with Crippen molar-refractivity contribution in [2.24, 2.45) is 0 Å². The zero-order chi connectivity index (χ0) is 13.8. The minimum Gasteiger partial charge on any atom is -0.506 e. The largest absolute Gasteiger partial charge is 0.506 e. The Hall–Kier alpha value is -2.01. The Morgan fingerprint density at radius 3 is 2.95 bits per heavy atom. The molecule has 0 aliphatic carbocycles. The van der Waals surface area contributed by atoms with Gasteiger partial charge in [0.05, 0.1) is 11.1 Å². The molecule has 2 rings (SSSR count). The normalized spacial score (nSPS) is 12.1. The van der Waals surface area contributed by atoms with Crippen molar-refractivity contribution in [3.8, 4) is 5.75 Å². The van der Waals surface area contributed by atoms with Gasteiger partial charge in [0.15, 0.2) is 0 Å². The number of hydrogen-bond donors (Lipinski definition) is 3. The van der Waals surface area contributed by atoms with Crippen LogP contribution in [0, 0.1) is 0 Å². The number of carbonyl (C=O) groups excluding carboxylic acids is 1. The third-order valence-corrected chi connectivity index (χ3v) is 3.08. The Balaban J connectivity index is 2.13. The molecule has 1 atom stereocenters. The van der Waals surface area contributed by atoms with Crippen LogP contribution in [0.5, 0.6) is 5.75 Å². The summed E-state index contributed by atoms with van der Waals surface area (Å²) in [6.45, 7) is 1.96. The number of phenols is 1. The number of carbonyl (C=O) groups is 1. The second kappa shape index (κ2) is 5.75. The Labute approximate surface area is 115 Å². The molecule has 0 bridgehead atoms.